The van der Waals surface area contributed by atoms with Crippen LogP contribution in [0.4, 0.5) is 14.5 Å². The van der Waals surface area contributed by atoms with Crippen LogP contribution in [0.3, 0.4) is 0 Å². The highest BCUT2D eigenvalue weighted by Crippen LogP contribution is 2.33. The lowest BCUT2D eigenvalue weighted by Gasteiger charge is -2.11. The summed E-state index contributed by atoms with van der Waals surface area (Å²) in [6.07, 6.45) is 0. The standard InChI is InChI=1S/C13H10BrF2NO/c1-7-2-3-8(15)4-12(7)18-13-6-10(16)9(14)5-11(13)17/h2-6H,17H2,1H3. The maximum atomic E-state index is 13.4. The molecule has 0 bridgehead atoms. The number of halogens is 3. The fourth-order valence-corrected chi connectivity index (χ4v) is 1.80. The molecule has 0 radical (unpaired) electrons. The molecule has 2 aromatic rings. The summed E-state index contributed by atoms with van der Waals surface area (Å²) in [6.45, 7) is 1.76. The maximum absolute atomic E-state index is 13.4. The smallest absolute Gasteiger partial charge is 0.153 e. The van der Waals surface area contributed by atoms with Crippen molar-refractivity contribution in [1.29, 1.82) is 0 Å². The van der Waals surface area contributed by atoms with Gasteiger partial charge in [-0.05, 0) is 40.5 Å². The van der Waals surface area contributed by atoms with Crippen LogP contribution in [0, 0.1) is 18.6 Å². The summed E-state index contributed by atoms with van der Waals surface area (Å²) >= 11 is 3.02. The normalized spacial score (nSPS) is 10.4. The molecular weight excluding hydrogens is 304 g/mol. The Morgan fingerprint density at radius 1 is 1.11 bits per heavy atom. The first-order chi connectivity index (χ1) is 8.47. The fraction of sp³-hybridized carbons (Fsp3) is 0.0769. The molecule has 0 spiro atoms. The van der Waals surface area contributed by atoms with Gasteiger partial charge in [-0.2, -0.15) is 0 Å². The van der Waals surface area contributed by atoms with Crippen LogP contribution >= 0.6 is 15.9 Å². The molecule has 0 aliphatic heterocycles. The molecule has 0 heterocycles. The Bertz CT molecular complexity index is 602. The summed E-state index contributed by atoms with van der Waals surface area (Å²) in [5.74, 6) is -0.451. The minimum Gasteiger partial charge on any atom is -0.455 e. The second kappa shape index (κ2) is 4.94. The Morgan fingerprint density at radius 2 is 1.83 bits per heavy atom. The van der Waals surface area contributed by atoms with Crippen molar-refractivity contribution in [3.05, 3.63) is 52.0 Å². The van der Waals surface area contributed by atoms with Crippen molar-refractivity contribution < 1.29 is 13.5 Å². The van der Waals surface area contributed by atoms with Gasteiger partial charge in [0.2, 0.25) is 0 Å². The van der Waals surface area contributed by atoms with Gasteiger partial charge in [-0.1, -0.05) is 6.07 Å². The highest BCUT2D eigenvalue weighted by Gasteiger charge is 2.10. The van der Waals surface area contributed by atoms with E-state index in [1.807, 2.05) is 0 Å². The van der Waals surface area contributed by atoms with Gasteiger partial charge >= 0.3 is 0 Å². The molecule has 2 N–H and O–H groups in total. The molecule has 2 rings (SSSR count). The van der Waals surface area contributed by atoms with E-state index in [9.17, 15) is 8.78 Å². The minimum atomic E-state index is -0.492. The molecule has 2 aromatic carbocycles. The monoisotopic (exact) mass is 313 g/mol. The number of rotatable bonds is 2. The average Bonchev–Trinajstić information content (AvgIpc) is 2.30. The molecule has 0 fully saturated rings. The topological polar surface area (TPSA) is 35.2 Å². The molecule has 5 heteroatoms. The zero-order chi connectivity index (χ0) is 13.3. The maximum Gasteiger partial charge on any atom is 0.153 e. The number of aryl methyl sites for hydroxylation is 1. The van der Waals surface area contributed by atoms with Crippen LogP contribution in [0.25, 0.3) is 0 Å². The van der Waals surface area contributed by atoms with Crippen LogP contribution in [0.5, 0.6) is 11.5 Å². The lowest BCUT2D eigenvalue weighted by Crippen LogP contribution is -1.95. The molecule has 2 nitrogen and oxygen atoms in total. The van der Waals surface area contributed by atoms with Gasteiger partial charge in [0.15, 0.2) is 5.75 Å². The van der Waals surface area contributed by atoms with Crippen molar-refractivity contribution in [2.24, 2.45) is 0 Å². The van der Waals surface area contributed by atoms with E-state index >= 15 is 0 Å². The highest BCUT2D eigenvalue weighted by atomic mass is 79.9. The van der Waals surface area contributed by atoms with E-state index in [0.29, 0.717) is 5.75 Å². The van der Waals surface area contributed by atoms with Crippen LogP contribution in [-0.4, -0.2) is 0 Å². The van der Waals surface area contributed by atoms with Crippen LogP contribution in [0.2, 0.25) is 0 Å². The molecule has 18 heavy (non-hydrogen) atoms. The van der Waals surface area contributed by atoms with Crippen LogP contribution in [0.1, 0.15) is 5.56 Å². The SMILES string of the molecule is Cc1ccc(F)cc1Oc1cc(F)c(Br)cc1N. The van der Waals surface area contributed by atoms with Crippen LogP contribution in [0.15, 0.2) is 34.8 Å². The van der Waals surface area contributed by atoms with Crippen molar-refractivity contribution in [2.75, 3.05) is 5.73 Å². The largest absolute Gasteiger partial charge is 0.455 e. The van der Waals surface area contributed by atoms with E-state index in [2.05, 4.69) is 15.9 Å². The van der Waals surface area contributed by atoms with Gasteiger partial charge in [-0.3, -0.25) is 0 Å². The Kier molecular flexibility index (Phi) is 3.52. The van der Waals surface area contributed by atoms with E-state index in [0.717, 1.165) is 11.6 Å². The predicted octanol–water partition coefficient (Wildman–Crippen LogP) is 4.41. The quantitative estimate of drug-likeness (QED) is 0.833. The van der Waals surface area contributed by atoms with Gasteiger partial charge in [0.25, 0.3) is 0 Å². The number of benzene rings is 2. The number of nitrogens with two attached hydrogens (primary N) is 1. The lowest BCUT2D eigenvalue weighted by molar-refractivity contribution is 0.469. The molecule has 0 atom stereocenters. The number of nitrogen functional groups attached to an aromatic ring is 1. The molecule has 0 aliphatic rings. The molecule has 0 aliphatic carbocycles. The molecule has 0 saturated heterocycles. The van der Waals surface area contributed by atoms with Gasteiger partial charge in [0.1, 0.15) is 17.4 Å². The summed E-state index contributed by atoms with van der Waals surface area (Å²) in [5.41, 5.74) is 6.72. The Balaban J connectivity index is 2.40. The zero-order valence-corrected chi connectivity index (χ0v) is 11.1. The molecule has 94 valence electrons. The molecule has 0 aromatic heterocycles. The van der Waals surface area contributed by atoms with Gasteiger partial charge in [-0.25, -0.2) is 8.78 Å². The zero-order valence-electron chi connectivity index (χ0n) is 9.51. The van der Waals surface area contributed by atoms with Crippen molar-refractivity contribution >= 4 is 21.6 Å². The Hall–Kier alpha value is -1.62. The van der Waals surface area contributed by atoms with E-state index < -0.39 is 11.6 Å². The fourth-order valence-electron chi connectivity index (χ4n) is 1.43. The third-order valence-electron chi connectivity index (χ3n) is 2.42. The summed E-state index contributed by atoms with van der Waals surface area (Å²) in [5, 5.41) is 0. The van der Waals surface area contributed by atoms with Crippen LogP contribution < -0.4 is 10.5 Å². The van der Waals surface area contributed by atoms with Gasteiger partial charge < -0.3 is 10.5 Å². The van der Waals surface area contributed by atoms with E-state index in [-0.39, 0.29) is 15.9 Å². The second-order valence-corrected chi connectivity index (χ2v) is 4.67. The lowest BCUT2D eigenvalue weighted by atomic mass is 10.2. The molecule has 0 amide bonds. The average molecular weight is 314 g/mol. The van der Waals surface area contributed by atoms with E-state index in [4.69, 9.17) is 10.5 Å². The summed E-state index contributed by atoms with van der Waals surface area (Å²) in [7, 11) is 0. The first kappa shape index (κ1) is 12.8. The first-order valence-corrected chi connectivity index (χ1v) is 5.95. The third kappa shape index (κ3) is 2.61. The van der Waals surface area contributed by atoms with E-state index in [1.54, 1.807) is 13.0 Å². The molecular formula is C13H10BrF2NO. The van der Waals surface area contributed by atoms with Crippen LogP contribution in [-0.2, 0) is 0 Å². The van der Waals surface area contributed by atoms with Crippen molar-refractivity contribution in [2.45, 2.75) is 6.92 Å². The number of ether oxygens (including phenoxy) is 1. The Labute approximate surface area is 112 Å². The summed E-state index contributed by atoms with van der Waals surface area (Å²) in [6, 6.07) is 6.70. The Morgan fingerprint density at radius 3 is 2.56 bits per heavy atom. The predicted molar refractivity (Wildman–Crippen MR) is 69.7 cm³/mol. The number of hydrogen-bond donors (Lipinski definition) is 1. The van der Waals surface area contributed by atoms with Crippen molar-refractivity contribution in [3.8, 4) is 11.5 Å². The van der Waals surface area contributed by atoms with Gasteiger partial charge in [-0.15, -0.1) is 0 Å². The highest BCUT2D eigenvalue weighted by molar-refractivity contribution is 9.10. The molecule has 0 unspecified atom stereocenters. The second-order valence-electron chi connectivity index (χ2n) is 3.82. The van der Waals surface area contributed by atoms with E-state index in [1.165, 1.54) is 18.2 Å². The van der Waals surface area contributed by atoms with Crippen molar-refractivity contribution in [1.82, 2.24) is 0 Å². The number of hydrogen-bond acceptors (Lipinski definition) is 2. The van der Waals surface area contributed by atoms with Gasteiger partial charge in [0.05, 0.1) is 10.2 Å². The third-order valence-corrected chi connectivity index (χ3v) is 3.03. The first-order valence-electron chi connectivity index (χ1n) is 5.16. The summed E-state index contributed by atoms with van der Waals surface area (Å²) in [4.78, 5) is 0. The van der Waals surface area contributed by atoms with Gasteiger partial charge in [0, 0.05) is 12.1 Å². The number of anilines is 1. The van der Waals surface area contributed by atoms with Crippen molar-refractivity contribution in [3.63, 3.8) is 0 Å². The minimum absolute atomic E-state index is 0.157. The molecule has 0 saturated carbocycles. The summed E-state index contributed by atoms with van der Waals surface area (Å²) < 4.78 is 32.2.